The lowest BCUT2D eigenvalue weighted by atomic mass is 10.0. The molecular weight excluding hydrogens is 286 g/mol. The highest BCUT2D eigenvalue weighted by Gasteiger charge is 2.33. The van der Waals surface area contributed by atoms with Crippen LogP contribution in [0.25, 0.3) is 16.0 Å². The van der Waals surface area contributed by atoms with Crippen LogP contribution in [-0.2, 0) is 6.18 Å². The molecule has 2 aromatic rings. The molecule has 0 aliphatic rings. The van der Waals surface area contributed by atoms with Gasteiger partial charge in [-0.3, -0.25) is 0 Å². The Bertz CT molecular complexity index is 717. The minimum absolute atomic E-state index is 0.00701. The lowest BCUT2D eigenvalue weighted by Crippen LogP contribution is -2.05. The Balaban J connectivity index is 2.56. The average Bonchev–Trinajstić information content (AvgIpc) is 2.45. The number of hydrogen-bond donors (Lipinski definition) is 0. The van der Waals surface area contributed by atoms with Gasteiger partial charge in [0.15, 0.2) is 17.3 Å². The largest absolute Gasteiger partial charge is 0.494 e. The van der Waals surface area contributed by atoms with Crippen LogP contribution in [0.1, 0.15) is 5.56 Å². The molecule has 2 aromatic carbocycles. The lowest BCUT2D eigenvalue weighted by Gasteiger charge is -2.11. The first-order valence-corrected chi connectivity index (χ1v) is 5.79. The van der Waals surface area contributed by atoms with Gasteiger partial charge in [-0.15, -0.1) is 0 Å². The van der Waals surface area contributed by atoms with E-state index in [1.54, 1.807) is 0 Å². The summed E-state index contributed by atoms with van der Waals surface area (Å²) in [6.45, 7) is 6.78. The summed E-state index contributed by atoms with van der Waals surface area (Å²) in [5.41, 5.74) is -1.07. The molecule has 0 aliphatic heterocycles. The topological polar surface area (TPSA) is 13.6 Å². The van der Waals surface area contributed by atoms with E-state index in [4.69, 9.17) is 11.3 Å². The molecule has 0 amide bonds. The van der Waals surface area contributed by atoms with Gasteiger partial charge in [-0.25, -0.2) is 9.24 Å². The molecule has 108 valence electrons. The second-order valence-corrected chi connectivity index (χ2v) is 4.19. The molecule has 0 bridgehead atoms. The summed E-state index contributed by atoms with van der Waals surface area (Å²) in [6, 6.07) is 7.15. The first-order valence-electron chi connectivity index (χ1n) is 5.79. The quantitative estimate of drug-likeness (QED) is 0.557. The molecule has 0 unspecified atom stereocenters. The molecule has 0 aromatic heterocycles. The van der Waals surface area contributed by atoms with Crippen LogP contribution in [0.3, 0.4) is 0 Å². The molecule has 0 atom stereocenters. The molecule has 21 heavy (non-hydrogen) atoms. The van der Waals surface area contributed by atoms with Gasteiger partial charge in [0.2, 0.25) is 0 Å². The van der Waals surface area contributed by atoms with E-state index in [1.807, 2.05) is 0 Å². The Morgan fingerprint density at radius 3 is 2.19 bits per heavy atom. The SMILES string of the molecule is [C-]#[N+]c1ccc(-c2ccc(OC)c(F)c2)cc1C(F)(F)F. The molecule has 0 fully saturated rings. The van der Waals surface area contributed by atoms with Crippen LogP contribution >= 0.6 is 0 Å². The average molecular weight is 295 g/mol. The van der Waals surface area contributed by atoms with E-state index in [0.29, 0.717) is 0 Å². The van der Waals surface area contributed by atoms with E-state index >= 15 is 0 Å². The van der Waals surface area contributed by atoms with Gasteiger partial charge < -0.3 is 4.74 Å². The summed E-state index contributed by atoms with van der Waals surface area (Å²) in [7, 11) is 1.30. The minimum atomic E-state index is -4.64. The maximum atomic E-state index is 13.6. The van der Waals surface area contributed by atoms with Crippen molar-refractivity contribution in [3.63, 3.8) is 0 Å². The number of nitrogens with zero attached hydrogens (tertiary/aromatic N) is 1. The fourth-order valence-electron chi connectivity index (χ4n) is 1.89. The molecule has 0 radical (unpaired) electrons. The summed E-state index contributed by atoms with van der Waals surface area (Å²) in [5.74, 6) is -0.662. The van der Waals surface area contributed by atoms with E-state index in [1.165, 1.54) is 25.3 Å². The van der Waals surface area contributed by atoms with Crippen molar-refractivity contribution in [3.05, 3.63) is 59.2 Å². The standard InChI is InChI=1S/C15H9F4NO/c1-20-13-5-3-9(7-11(13)15(17,18)19)10-4-6-14(21-2)12(16)8-10/h3-8H,2H3. The predicted octanol–water partition coefficient (Wildman–Crippen LogP) is 5.07. The number of halogens is 4. The summed E-state index contributed by atoms with van der Waals surface area (Å²) in [5, 5.41) is 0. The molecule has 0 heterocycles. The molecule has 0 spiro atoms. The van der Waals surface area contributed by atoms with Gasteiger partial charge in [0, 0.05) is 0 Å². The van der Waals surface area contributed by atoms with E-state index in [0.717, 1.165) is 18.2 Å². The van der Waals surface area contributed by atoms with Crippen LogP contribution in [-0.4, -0.2) is 7.11 Å². The van der Waals surface area contributed by atoms with Gasteiger partial charge in [0.25, 0.3) is 0 Å². The molecule has 0 aliphatic carbocycles. The van der Waals surface area contributed by atoms with Crippen LogP contribution in [0.15, 0.2) is 36.4 Å². The van der Waals surface area contributed by atoms with Gasteiger partial charge in [-0.1, -0.05) is 24.3 Å². The fraction of sp³-hybridized carbons (Fsp3) is 0.133. The number of benzene rings is 2. The monoisotopic (exact) mass is 295 g/mol. The number of alkyl halides is 3. The third-order valence-corrected chi connectivity index (χ3v) is 2.91. The second-order valence-electron chi connectivity index (χ2n) is 4.19. The van der Waals surface area contributed by atoms with E-state index < -0.39 is 23.2 Å². The van der Waals surface area contributed by atoms with Crippen molar-refractivity contribution in [2.45, 2.75) is 6.18 Å². The lowest BCUT2D eigenvalue weighted by molar-refractivity contribution is -0.136. The summed E-state index contributed by atoms with van der Waals surface area (Å²) in [6.07, 6.45) is -4.64. The second kappa shape index (κ2) is 5.44. The first kappa shape index (κ1) is 14.9. The van der Waals surface area contributed by atoms with Crippen LogP contribution < -0.4 is 4.74 Å². The summed E-state index contributed by atoms with van der Waals surface area (Å²) < 4.78 is 57.1. The van der Waals surface area contributed by atoms with Crippen molar-refractivity contribution >= 4 is 5.69 Å². The summed E-state index contributed by atoms with van der Waals surface area (Å²) in [4.78, 5) is 2.85. The van der Waals surface area contributed by atoms with E-state index in [-0.39, 0.29) is 16.9 Å². The third-order valence-electron chi connectivity index (χ3n) is 2.91. The van der Waals surface area contributed by atoms with Gasteiger partial charge in [-0.05, 0) is 23.3 Å². The molecule has 2 nitrogen and oxygen atoms in total. The third kappa shape index (κ3) is 2.97. The molecule has 0 N–H and O–H groups in total. The number of rotatable bonds is 2. The Labute approximate surface area is 118 Å². The van der Waals surface area contributed by atoms with E-state index in [2.05, 4.69) is 4.85 Å². The van der Waals surface area contributed by atoms with Crippen LogP contribution in [0.2, 0.25) is 0 Å². The van der Waals surface area contributed by atoms with Crippen molar-refractivity contribution < 1.29 is 22.3 Å². The number of methoxy groups -OCH3 is 1. The maximum Gasteiger partial charge on any atom is 0.407 e. The normalized spacial score (nSPS) is 11.0. The van der Waals surface area contributed by atoms with Gasteiger partial charge in [-0.2, -0.15) is 13.2 Å². The molecular formula is C15H9F4NO. The first-order chi connectivity index (χ1) is 9.86. The van der Waals surface area contributed by atoms with Crippen molar-refractivity contribution in [1.29, 1.82) is 0 Å². The van der Waals surface area contributed by atoms with Crippen molar-refractivity contribution in [2.24, 2.45) is 0 Å². The van der Waals surface area contributed by atoms with Gasteiger partial charge in [0.1, 0.15) is 0 Å². The molecule has 0 saturated heterocycles. The molecule has 0 saturated carbocycles. The van der Waals surface area contributed by atoms with E-state index in [9.17, 15) is 17.6 Å². The van der Waals surface area contributed by atoms with Crippen molar-refractivity contribution in [3.8, 4) is 16.9 Å². The Kier molecular flexibility index (Phi) is 3.85. The molecule has 2 rings (SSSR count). The van der Waals surface area contributed by atoms with Crippen LogP contribution in [0, 0.1) is 12.4 Å². The Hall–Kier alpha value is -2.55. The summed E-state index contributed by atoms with van der Waals surface area (Å²) >= 11 is 0. The zero-order valence-corrected chi connectivity index (χ0v) is 10.8. The zero-order chi connectivity index (χ0) is 15.6. The zero-order valence-electron chi connectivity index (χ0n) is 10.8. The number of hydrogen-bond acceptors (Lipinski definition) is 1. The minimum Gasteiger partial charge on any atom is -0.494 e. The van der Waals surface area contributed by atoms with Crippen LogP contribution in [0.5, 0.6) is 5.75 Å². The Morgan fingerprint density at radius 1 is 1.05 bits per heavy atom. The van der Waals surface area contributed by atoms with Crippen molar-refractivity contribution in [2.75, 3.05) is 7.11 Å². The van der Waals surface area contributed by atoms with Crippen LogP contribution in [0.4, 0.5) is 23.2 Å². The van der Waals surface area contributed by atoms with Gasteiger partial charge >= 0.3 is 6.18 Å². The maximum absolute atomic E-state index is 13.6. The highest BCUT2D eigenvalue weighted by molar-refractivity contribution is 5.70. The molecule has 6 heteroatoms. The van der Waals surface area contributed by atoms with Crippen molar-refractivity contribution in [1.82, 2.24) is 0 Å². The smallest absolute Gasteiger partial charge is 0.407 e. The van der Waals surface area contributed by atoms with Gasteiger partial charge in [0.05, 0.1) is 19.2 Å². The Morgan fingerprint density at radius 2 is 1.67 bits per heavy atom. The fourth-order valence-corrected chi connectivity index (χ4v) is 1.89. The predicted molar refractivity (Wildman–Crippen MR) is 69.7 cm³/mol. The number of ether oxygens (including phenoxy) is 1. The highest BCUT2D eigenvalue weighted by atomic mass is 19.4. The highest BCUT2D eigenvalue weighted by Crippen LogP contribution is 2.39.